The molecular weight excluding hydrogens is 244 g/mol. The van der Waals surface area contributed by atoms with Gasteiger partial charge in [-0.25, -0.2) is 0 Å². The molecule has 0 aliphatic carbocycles. The highest BCUT2D eigenvalue weighted by Crippen LogP contribution is 2.34. The van der Waals surface area contributed by atoms with Crippen LogP contribution >= 0.6 is 11.8 Å². The molecule has 0 bridgehead atoms. The van der Waals surface area contributed by atoms with Crippen molar-refractivity contribution >= 4 is 17.7 Å². The van der Waals surface area contributed by atoms with E-state index in [0.29, 0.717) is 12.0 Å². The van der Waals surface area contributed by atoms with E-state index in [0.717, 1.165) is 12.2 Å². The van der Waals surface area contributed by atoms with Gasteiger partial charge in [-0.3, -0.25) is 4.79 Å². The number of likely N-dealkylation sites (N-methyl/N-ethyl adjacent to an activating group) is 1. The molecule has 0 aromatic rings. The summed E-state index contributed by atoms with van der Waals surface area (Å²) in [5.74, 6) is 2.99. The van der Waals surface area contributed by atoms with Crippen molar-refractivity contribution in [1.29, 1.82) is 0 Å². The van der Waals surface area contributed by atoms with Crippen molar-refractivity contribution in [1.82, 2.24) is 10.6 Å². The van der Waals surface area contributed by atoms with Crippen molar-refractivity contribution in [2.75, 3.05) is 18.6 Å². The number of nitrogens with one attached hydrogen (secondary N) is 2. The molecule has 1 aliphatic rings. The van der Waals surface area contributed by atoms with Gasteiger partial charge in [0.05, 0.1) is 6.04 Å². The van der Waals surface area contributed by atoms with E-state index in [9.17, 15) is 4.79 Å². The Hall–Kier alpha value is -0.220. The van der Waals surface area contributed by atoms with E-state index in [1.54, 1.807) is 7.05 Å². The Balaban J connectivity index is 2.66. The minimum atomic E-state index is -0.0574. The fourth-order valence-electron chi connectivity index (χ4n) is 2.35. The zero-order valence-corrected chi connectivity index (χ0v) is 13.2. The molecular formula is C14H28N2OS. The lowest BCUT2D eigenvalue weighted by Crippen LogP contribution is -2.55. The maximum absolute atomic E-state index is 12.0. The van der Waals surface area contributed by atoms with Crippen LogP contribution < -0.4 is 10.6 Å². The molecule has 2 N–H and O–H groups in total. The summed E-state index contributed by atoms with van der Waals surface area (Å²) in [5, 5.41) is 6.37. The fourth-order valence-corrected chi connectivity index (χ4v) is 3.97. The Kier molecular flexibility index (Phi) is 5.99. The molecule has 1 aliphatic heterocycles. The molecule has 1 fully saturated rings. The van der Waals surface area contributed by atoms with E-state index in [1.165, 1.54) is 12.2 Å². The smallest absolute Gasteiger partial charge is 0.236 e. The van der Waals surface area contributed by atoms with Gasteiger partial charge in [-0.15, -0.1) is 0 Å². The molecule has 1 heterocycles. The number of amides is 1. The van der Waals surface area contributed by atoms with Crippen LogP contribution in [0.2, 0.25) is 0 Å². The van der Waals surface area contributed by atoms with E-state index >= 15 is 0 Å². The van der Waals surface area contributed by atoms with Gasteiger partial charge < -0.3 is 10.6 Å². The second kappa shape index (κ2) is 6.80. The monoisotopic (exact) mass is 272 g/mol. The van der Waals surface area contributed by atoms with E-state index in [1.807, 2.05) is 11.8 Å². The predicted octanol–water partition coefficient (Wildman–Crippen LogP) is 2.27. The van der Waals surface area contributed by atoms with Crippen LogP contribution in [-0.2, 0) is 4.79 Å². The number of rotatable bonds is 5. The van der Waals surface area contributed by atoms with Crippen molar-refractivity contribution in [2.24, 2.45) is 11.3 Å². The van der Waals surface area contributed by atoms with Crippen LogP contribution in [-0.4, -0.2) is 36.5 Å². The zero-order valence-electron chi connectivity index (χ0n) is 12.4. The maximum Gasteiger partial charge on any atom is 0.236 e. The first-order valence-corrected chi connectivity index (χ1v) is 8.07. The largest absolute Gasteiger partial charge is 0.358 e. The molecule has 2 unspecified atom stereocenters. The fraction of sp³-hybridized carbons (Fsp3) is 0.929. The molecule has 2 atom stereocenters. The lowest BCUT2D eigenvalue weighted by Gasteiger charge is -2.40. The maximum atomic E-state index is 12.0. The van der Waals surface area contributed by atoms with Gasteiger partial charge in [0.15, 0.2) is 0 Å². The molecule has 0 spiro atoms. The van der Waals surface area contributed by atoms with Gasteiger partial charge >= 0.3 is 0 Å². The Morgan fingerprint density at radius 2 is 2.11 bits per heavy atom. The van der Waals surface area contributed by atoms with E-state index in [-0.39, 0.29) is 17.4 Å². The number of carbonyl (C=O) groups excluding carboxylic acids is 1. The molecule has 3 nitrogen and oxygen atoms in total. The van der Waals surface area contributed by atoms with Gasteiger partial charge in [-0.2, -0.15) is 11.8 Å². The number of carbonyl (C=O) groups is 1. The average molecular weight is 272 g/mol. The van der Waals surface area contributed by atoms with Crippen molar-refractivity contribution in [3.63, 3.8) is 0 Å². The quantitative estimate of drug-likeness (QED) is 0.806. The van der Waals surface area contributed by atoms with Gasteiger partial charge in [0, 0.05) is 18.8 Å². The highest BCUT2D eigenvalue weighted by Gasteiger charge is 2.35. The lowest BCUT2D eigenvalue weighted by molar-refractivity contribution is -0.123. The highest BCUT2D eigenvalue weighted by molar-refractivity contribution is 7.99. The Labute approximate surface area is 116 Å². The number of hydrogen-bond acceptors (Lipinski definition) is 3. The van der Waals surface area contributed by atoms with Gasteiger partial charge in [0.2, 0.25) is 5.91 Å². The zero-order chi connectivity index (χ0) is 13.8. The van der Waals surface area contributed by atoms with Crippen LogP contribution in [0.1, 0.15) is 40.5 Å². The van der Waals surface area contributed by atoms with Crippen LogP contribution in [0.15, 0.2) is 0 Å². The molecule has 0 aromatic carbocycles. The SMILES string of the molecule is CNC(=O)C(CC(C)C)NC1CSCCC1(C)C. The van der Waals surface area contributed by atoms with Crippen LogP contribution in [0.25, 0.3) is 0 Å². The van der Waals surface area contributed by atoms with Crippen LogP contribution in [0, 0.1) is 11.3 Å². The molecule has 106 valence electrons. The second-order valence-electron chi connectivity index (χ2n) is 6.33. The topological polar surface area (TPSA) is 41.1 Å². The molecule has 1 amide bonds. The highest BCUT2D eigenvalue weighted by atomic mass is 32.2. The van der Waals surface area contributed by atoms with Crippen molar-refractivity contribution in [3.05, 3.63) is 0 Å². The van der Waals surface area contributed by atoms with Gasteiger partial charge in [0.1, 0.15) is 0 Å². The van der Waals surface area contributed by atoms with Gasteiger partial charge in [-0.1, -0.05) is 27.7 Å². The Morgan fingerprint density at radius 3 is 2.61 bits per heavy atom. The van der Waals surface area contributed by atoms with E-state index < -0.39 is 0 Å². The van der Waals surface area contributed by atoms with Crippen molar-refractivity contribution in [2.45, 2.75) is 52.6 Å². The normalized spacial score (nSPS) is 24.9. The third-order valence-electron chi connectivity index (χ3n) is 3.79. The minimum absolute atomic E-state index is 0.0574. The molecule has 4 heteroatoms. The van der Waals surface area contributed by atoms with Crippen LogP contribution in [0.3, 0.4) is 0 Å². The number of hydrogen-bond donors (Lipinski definition) is 2. The van der Waals surface area contributed by atoms with E-state index in [2.05, 4.69) is 38.3 Å². The standard InChI is InChI=1S/C14H28N2OS/c1-10(2)8-11(13(17)15-5)16-12-9-18-7-6-14(12,3)4/h10-12,16H,6-9H2,1-5H3,(H,15,17). The van der Waals surface area contributed by atoms with Crippen LogP contribution in [0.5, 0.6) is 0 Å². The summed E-state index contributed by atoms with van der Waals surface area (Å²) in [5.41, 5.74) is 0.286. The Bertz CT molecular complexity index is 279. The summed E-state index contributed by atoms with van der Waals surface area (Å²) in [6.07, 6.45) is 2.12. The predicted molar refractivity (Wildman–Crippen MR) is 80.0 cm³/mol. The molecule has 0 saturated carbocycles. The van der Waals surface area contributed by atoms with Crippen LogP contribution in [0.4, 0.5) is 0 Å². The van der Waals surface area contributed by atoms with E-state index in [4.69, 9.17) is 0 Å². The summed E-state index contributed by atoms with van der Waals surface area (Å²) < 4.78 is 0. The summed E-state index contributed by atoms with van der Waals surface area (Å²) in [6.45, 7) is 8.94. The first kappa shape index (κ1) is 15.8. The molecule has 18 heavy (non-hydrogen) atoms. The summed E-state index contributed by atoms with van der Waals surface area (Å²) >= 11 is 1.99. The lowest BCUT2D eigenvalue weighted by atomic mass is 9.81. The third kappa shape index (κ3) is 4.47. The minimum Gasteiger partial charge on any atom is -0.358 e. The second-order valence-corrected chi connectivity index (χ2v) is 7.48. The molecule has 1 rings (SSSR count). The average Bonchev–Trinajstić information content (AvgIpc) is 2.29. The first-order chi connectivity index (χ1) is 8.36. The van der Waals surface area contributed by atoms with Crippen molar-refractivity contribution < 1.29 is 4.79 Å². The number of thioether (sulfide) groups is 1. The summed E-state index contributed by atoms with van der Waals surface area (Å²) in [4.78, 5) is 12.0. The third-order valence-corrected chi connectivity index (χ3v) is 4.85. The van der Waals surface area contributed by atoms with Gasteiger partial charge in [0.25, 0.3) is 0 Å². The summed E-state index contributed by atoms with van der Waals surface area (Å²) in [7, 11) is 1.72. The summed E-state index contributed by atoms with van der Waals surface area (Å²) in [6, 6.07) is 0.371. The Morgan fingerprint density at radius 1 is 1.44 bits per heavy atom. The first-order valence-electron chi connectivity index (χ1n) is 6.92. The van der Waals surface area contributed by atoms with Crippen molar-refractivity contribution in [3.8, 4) is 0 Å². The molecule has 0 radical (unpaired) electrons. The van der Waals surface area contributed by atoms with Gasteiger partial charge in [-0.05, 0) is 29.9 Å². The molecule has 1 saturated heterocycles. The molecule has 0 aromatic heterocycles.